The summed E-state index contributed by atoms with van der Waals surface area (Å²) in [7, 11) is 0. The molecule has 24 heavy (non-hydrogen) atoms. The highest BCUT2D eigenvalue weighted by Gasteiger charge is 2.49. The monoisotopic (exact) mass is 351 g/mol. The Morgan fingerprint density at radius 1 is 1.17 bits per heavy atom. The van der Waals surface area contributed by atoms with Gasteiger partial charge in [-0.25, -0.2) is 13.6 Å². The maximum atomic E-state index is 13.5. The molecule has 1 aromatic heterocycles. The Bertz CT molecular complexity index is 885. The maximum absolute atomic E-state index is 13.5. The quantitative estimate of drug-likeness (QED) is 0.663. The van der Waals surface area contributed by atoms with Crippen LogP contribution in [0.4, 0.5) is 26.7 Å². The standard InChI is InChI=1S/C14H10F5NO4/c1-13(2,14(17,18)19)20-5-10(24-12(22)23)11(21)6-3-7(15)8(16)4-9(6)20/h3-5H,1-2H3,(H,22,23). The molecule has 0 saturated heterocycles. The number of carboxylic acid groups (broad SMARTS) is 1. The third kappa shape index (κ3) is 2.79. The number of benzene rings is 1. The molecule has 0 amide bonds. The topological polar surface area (TPSA) is 68.5 Å². The summed E-state index contributed by atoms with van der Waals surface area (Å²) in [6.45, 7) is 1.45. The Morgan fingerprint density at radius 3 is 2.21 bits per heavy atom. The highest BCUT2D eigenvalue weighted by atomic mass is 19.4. The van der Waals surface area contributed by atoms with Crippen LogP contribution in [0.15, 0.2) is 23.1 Å². The van der Waals surface area contributed by atoms with Gasteiger partial charge >= 0.3 is 12.3 Å². The van der Waals surface area contributed by atoms with Gasteiger partial charge in [0.25, 0.3) is 0 Å². The molecule has 0 aliphatic rings. The van der Waals surface area contributed by atoms with Crippen LogP contribution in [-0.4, -0.2) is 22.0 Å². The van der Waals surface area contributed by atoms with Crippen molar-refractivity contribution in [2.45, 2.75) is 25.6 Å². The van der Waals surface area contributed by atoms with E-state index in [1.165, 1.54) is 0 Å². The van der Waals surface area contributed by atoms with Crippen molar-refractivity contribution < 1.29 is 36.6 Å². The van der Waals surface area contributed by atoms with E-state index in [-0.39, 0.29) is 0 Å². The molecule has 5 nitrogen and oxygen atoms in total. The molecule has 130 valence electrons. The molecule has 0 aliphatic heterocycles. The van der Waals surface area contributed by atoms with Gasteiger partial charge in [-0.15, -0.1) is 0 Å². The number of hydrogen-bond acceptors (Lipinski definition) is 3. The van der Waals surface area contributed by atoms with Crippen molar-refractivity contribution in [3.05, 3.63) is 40.2 Å². The van der Waals surface area contributed by atoms with Crippen LogP contribution in [0, 0.1) is 11.6 Å². The zero-order valence-corrected chi connectivity index (χ0v) is 12.2. The van der Waals surface area contributed by atoms with E-state index in [4.69, 9.17) is 5.11 Å². The Kier molecular flexibility index (Phi) is 4.03. The lowest BCUT2D eigenvalue weighted by atomic mass is 10.0. The van der Waals surface area contributed by atoms with Gasteiger partial charge in [0.2, 0.25) is 5.43 Å². The van der Waals surface area contributed by atoms with E-state index in [1.807, 2.05) is 0 Å². The first-order valence-corrected chi connectivity index (χ1v) is 6.38. The predicted octanol–water partition coefficient (Wildman–Crippen LogP) is 3.63. The average molecular weight is 351 g/mol. The maximum Gasteiger partial charge on any atom is 0.511 e. The number of nitrogens with zero attached hydrogens (tertiary/aromatic N) is 1. The van der Waals surface area contributed by atoms with Gasteiger partial charge in [0, 0.05) is 6.07 Å². The third-order valence-electron chi connectivity index (χ3n) is 3.51. The molecule has 1 aromatic carbocycles. The second-order valence-corrected chi connectivity index (χ2v) is 5.40. The van der Waals surface area contributed by atoms with Crippen molar-refractivity contribution in [1.29, 1.82) is 0 Å². The summed E-state index contributed by atoms with van der Waals surface area (Å²) in [6.07, 6.45) is -6.28. The van der Waals surface area contributed by atoms with Gasteiger partial charge in [0.1, 0.15) is 5.54 Å². The van der Waals surface area contributed by atoms with E-state index in [9.17, 15) is 31.5 Å². The summed E-state index contributed by atoms with van der Waals surface area (Å²) in [5, 5.41) is 7.94. The fraction of sp³-hybridized carbons (Fsp3) is 0.286. The second-order valence-electron chi connectivity index (χ2n) is 5.40. The number of carbonyl (C=O) groups is 1. The summed E-state index contributed by atoms with van der Waals surface area (Å²) in [4.78, 5) is 22.7. The summed E-state index contributed by atoms with van der Waals surface area (Å²) in [5.74, 6) is -3.89. The Hall–Kier alpha value is -2.65. The fourth-order valence-electron chi connectivity index (χ4n) is 2.06. The van der Waals surface area contributed by atoms with Crippen LogP contribution in [0.2, 0.25) is 0 Å². The lowest BCUT2D eigenvalue weighted by Gasteiger charge is -2.32. The molecule has 0 unspecified atom stereocenters. The molecule has 0 fully saturated rings. The van der Waals surface area contributed by atoms with Crippen LogP contribution >= 0.6 is 0 Å². The number of halogens is 5. The average Bonchev–Trinajstić information content (AvgIpc) is 2.42. The van der Waals surface area contributed by atoms with E-state index in [0.29, 0.717) is 22.9 Å². The van der Waals surface area contributed by atoms with E-state index >= 15 is 0 Å². The molecule has 0 aliphatic carbocycles. The molecule has 0 spiro atoms. The van der Waals surface area contributed by atoms with Gasteiger partial charge < -0.3 is 14.4 Å². The first-order valence-electron chi connectivity index (χ1n) is 6.38. The highest BCUT2D eigenvalue weighted by molar-refractivity contribution is 5.81. The number of pyridine rings is 1. The molecule has 1 heterocycles. The molecule has 2 aromatic rings. The van der Waals surface area contributed by atoms with Crippen molar-refractivity contribution >= 4 is 17.1 Å². The van der Waals surface area contributed by atoms with Crippen LogP contribution in [0.1, 0.15) is 13.8 Å². The van der Waals surface area contributed by atoms with Gasteiger partial charge in [-0.2, -0.15) is 13.2 Å². The van der Waals surface area contributed by atoms with Gasteiger partial charge in [0.05, 0.1) is 17.1 Å². The molecule has 0 radical (unpaired) electrons. The largest absolute Gasteiger partial charge is 0.511 e. The van der Waals surface area contributed by atoms with Crippen LogP contribution in [0.25, 0.3) is 10.9 Å². The normalized spacial score (nSPS) is 12.5. The molecular weight excluding hydrogens is 341 g/mol. The highest BCUT2D eigenvalue weighted by Crippen LogP contribution is 2.38. The number of alkyl halides is 3. The Labute approximate surface area is 130 Å². The van der Waals surface area contributed by atoms with Gasteiger partial charge in [-0.3, -0.25) is 4.79 Å². The van der Waals surface area contributed by atoms with Gasteiger partial charge in [-0.1, -0.05) is 0 Å². The smallest absolute Gasteiger partial charge is 0.449 e. The fourth-order valence-corrected chi connectivity index (χ4v) is 2.06. The van der Waals surface area contributed by atoms with Crippen LogP contribution in [0.3, 0.4) is 0 Å². The van der Waals surface area contributed by atoms with Crippen molar-refractivity contribution in [2.24, 2.45) is 0 Å². The number of aromatic nitrogens is 1. The van der Waals surface area contributed by atoms with Crippen LogP contribution in [0.5, 0.6) is 5.75 Å². The van der Waals surface area contributed by atoms with Crippen molar-refractivity contribution in [1.82, 2.24) is 4.57 Å². The van der Waals surface area contributed by atoms with E-state index in [1.54, 1.807) is 0 Å². The number of fused-ring (bicyclic) bond motifs is 1. The lowest BCUT2D eigenvalue weighted by Crippen LogP contribution is -2.43. The SMILES string of the molecule is CC(C)(n1cc(OC(=O)O)c(=O)c2cc(F)c(F)cc21)C(F)(F)F. The first-order chi connectivity index (χ1) is 10.9. The molecular formula is C14H10F5NO4. The van der Waals surface area contributed by atoms with Crippen molar-refractivity contribution in [3.8, 4) is 5.75 Å². The van der Waals surface area contributed by atoms with Crippen LogP contribution in [-0.2, 0) is 5.54 Å². The Balaban J connectivity index is 2.97. The summed E-state index contributed by atoms with van der Waals surface area (Å²) < 4.78 is 71.3. The molecule has 0 atom stereocenters. The molecule has 2 rings (SSSR count). The Morgan fingerprint density at radius 2 is 1.71 bits per heavy atom. The minimum Gasteiger partial charge on any atom is -0.449 e. The molecule has 1 N–H and O–H groups in total. The first kappa shape index (κ1) is 17.7. The number of rotatable bonds is 2. The lowest BCUT2D eigenvalue weighted by molar-refractivity contribution is -0.201. The number of ether oxygens (including phenoxy) is 1. The summed E-state index contributed by atoms with van der Waals surface area (Å²) in [6, 6.07) is 0.828. The summed E-state index contributed by atoms with van der Waals surface area (Å²) >= 11 is 0. The molecule has 0 bridgehead atoms. The zero-order valence-electron chi connectivity index (χ0n) is 12.2. The van der Waals surface area contributed by atoms with E-state index in [2.05, 4.69) is 4.74 Å². The van der Waals surface area contributed by atoms with E-state index < -0.39 is 51.6 Å². The van der Waals surface area contributed by atoms with Crippen molar-refractivity contribution in [2.75, 3.05) is 0 Å². The minimum atomic E-state index is -4.85. The van der Waals surface area contributed by atoms with Gasteiger partial charge in [-0.05, 0) is 19.9 Å². The molecule has 10 heteroatoms. The zero-order chi connectivity index (χ0) is 18.4. The van der Waals surface area contributed by atoms with Crippen LogP contribution < -0.4 is 10.2 Å². The predicted molar refractivity (Wildman–Crippen MR) is 72.2 cm³/mol. The van der Waals surface area contributed by atoms with Gasteiger partial charge in [0.15, 0.2) is 17.4 Å². The second kappa shape index (κ2) is 5.46. The van der Waals surface area contributed by atoms with Crippen molar-refractivity contribution in [3.63, 3.8) is 0 Å². The van der Waals surface area contributed by atoms with E-state index in [0.717, 1.165) is 13.8 Å². The number of hydrogen-bond donors (Lipinski definition) is 1. The third-order valence-corrected chi connectivity index (χ3v) is 3.51. The summed E-state index contributed by atoms with van der Waals surface area (Å²) in [5.41, 5.74) is -4.40. The molecule has 0 saturated carbocycles. The minimum absolute atomic E-state index is 0.394.